The third-order valence-electron chi connectivity index (χ3n) is 3.00. The number of aryl methyl sites for hydroxylation is 1. The number of hydrogen-bond acceptors (Lipinski definition) is 4. The number of nitrogens with one attached hydrogen (secondary N) is 2. The fourth-order valence-corrected chi connectivity index (χ4v) is 1.88. The minimum atomic E-state index is 0.740. The number of ether oxygens (including phenoxy) is 2. The Morgan fingerprint density at radius 1 is 1.16 bits per heavy atom. The van der Waals surface area contributed by atoms with Crippen LogP contribution in [-0.2, 0) is 13.1 Å². The van der Waals surface area contributed by atoms with E-state index < -0.39 is 0 Å². The van der Waals surface area contributed by atoms with Crippen LogP contribution in [0, 0.1) is 6.92 Å². The van der Waals surface area contributed by atoms with Gasteiger partial charge in [0.1, 0.15) is 0 Å². The number of hydrogen-bond donors (Lipinski definition) is 2. The first-order valence-corrected chi connectivity index (χ1v) is 6.15. The Morgan fingerprint density at radius 2 is 1.95 bits per heavy atom. The normalized spacial score (nSPS) is 10.5. The van der Waals surface area contributed by atoms with Gasteiger partial charge in [-0.25, -0.2) is 4.98 Å². The molecule has 102 valence electrons. The molecule has 0 spiro atoms. The van der Waals surface area contributed by atoms with E-state index in [1.165, 1.54) is 0 Å². The Hall–Kier alpha value is -2.01. The molecule has 0 saturated carbocycles. The minimum absolute atomic E-state index is 0.740. The number of H-pyrrole nitrogens is 1. The summed E-state index contributed by atoms with van der Waals surface area (Å²) in [5.41, 5.74) is 3.28. The number of benzene rings is 1. The van der Waals surface area contributed by atoms with E-state index in [1.54, 1.807) is 20.5 Å². The average Bonchev–Trinajstić information content (AvgIpc) is 2.84. The van der Waals surface area contributed by atoms with Gasteiger partial charge in [0.2, 0.25) is 0 Å². The summed E-state index contributed by atoms with van der Waals surface area (Å²) < 4.78 is 10.5. The van der Waals surface area contributed by atoms with Gasteiger partial charge in [-0.1, -0.05) is 6.07 Å². The molecule has 2 N–H and O–H groups in total. The fourth-order valence-electron chi connectivity index (χ4n) is 1.88. The van der Waals surface area contributed by atoms with Gasteiger partial charge in [-0.2, -0.15) is 0 Å². The van der Waals surface area contributed by atoms with Crippen LogP contribution in [0.5, 0.6) is 11.5 Å². The standard InChI is InChI=1S/C14H19N3O2/c1-10-12(17-9-16-10)8-15-7-11-4-5-13(18-2)14(6-11)19-3/h4-6,9,15H,7-8H2,1-3H3,(H,16,17). The van der Waals surface area contributed by atoms with E-state index in [9.17, 15) is 0 Å². The van der Waals surface area contributed by atoms with E-state index in [-0.39, 0.29) is 0 Å². The minimum Gasteiger partial charge on any atom is -0.493 e. The number of imidazole rings is 1. The van der Waals surface area contributed by atoms with Crippen molar-refractivity contribution in [1.82, 2.24) is 15.3 Å². The lowest BCUT2D eigenvalue weighted by Gasteiger charge is -2.10. The van der Waals surface area contributed by atoms with E-state index in [4.69, 9.17) is 9.47 Å². The van der Waals surface area contributed by atoms with Crippen LogP contribution in [0.25, 0.3) is 0 Å². The summed E-state index contributed by atoms with van der Waals surface area (Å²) in [6, 6.07) is 5.91. The van der Waals surface area contributed by atoms with Crippen molar-refractivity contribution < 1.29 is 9.47 Å². The maximum absolute atomic E-state index is 5.28. The molecule has 0 unspecified atom stereocenters. The SMILES string of the molecule is COc1ccc(CNCc2nc[nH]c2C)cc1OC. The molecule has 5 heteroatoms. The van der Waals surface area contributed by atoms with Crippen molar-refractivity contribution in [3.63, 3.8) is 0 Å². The van der Waals surface area contributed by atoms with Gasteiger partial charge >= 0.3 is 0 Å². The van der Waals surface area contributed by atoms with Gasteiger partial charge < -0.3 is 19.8 Å². The quantitative estimate of drug-likeness (QED) is 0.835. The highest BCUT2D eigenvalue weighted by molar-refractivity contribution is 5.42. The van der Waals surface area contributed by atoms with E-state index in [0.29, 0.717) is 0 Å². The van der Waals surface area contributed by atoms with Gasteiger partial charge in [-0.05, 0) is 24.6 Å². The highest BCUT2D eigenvalue weighted by Crippen LogP contribution is 2.27. The topological polar surface area (TPSA) is 59.2 Å². The lowest BCUT2D eigenvalue weighted by atomic mass is 10.2. The van der Waals surface area contributed by atoms with E-state index in [0.717, 1.165) is 41.5 Å². The zero-order chi connectivity index (χ0) is 13.7. The van der Waals surface area contributed by atoms with Crippen LogP contribution in [0.4, 0.5) is 0 Å². The van der Waals surface area contributed by atoms with Gasteiger partial charge in [-0.3, -0.25) is 0 Å². The van der Waals surface area contributed by atoms with Gasteiger partial charge in [0.05, 0.1) is 26.2 Å². The molecule has 1 aromatic carbocycles. The number of rotatable bonds is 6. The summed E-state index contributed by atoms with van der Waals surface area (Å²) >= 11 is 0. The lowest BCUT2D eigenvalue weighted by Crippen LogP contribution is -2.13. The van der Waals surface area contributed by atoms with E-state index in [1.807, 2.05) is 25.1 Å². The van der Waals surface area contributed by atoms with Crippen LogP contribution in [-0.4, -0.2) is 24.2 Å². The van der Waals surface area contributed by atoms with E-state index >= 15 is 0 Å². The average molecular weight is 261 g/mol. The molecule has 2 aromatic rings. The summed E-state index contributed by atoms with van der Waals surface area (Å²) in [5, 5.41) is 3.35. The fraction of sp³-hybridized carbons (Fsp3) is 0.357. The Bertz CT molecular complexity index is 537. The summed E-state index contributed by atoms with van der Waals surface area (Å²) in [6.07, 6.45) is 1.71. The van der Waals surface area contributed by atoms with Gasteiger partial charge in [0.25, 0.3) is 0 Å². The van der Waals surface area contributed by atoms with Crippen LogP contribution >= 0.6 is 0 Å². The third-order valence-corrected chi connectivity index (χ3v) is 3.00. The van der Waals surface area contributed by atoms with Gasteiger partial charge in [0, 0.05) is 18.8 Å². The summed E-state index contributed by atoms with van der Waals surface area (Å²) in [4.78, 5) is 7.31. The van der Waals surface area contributed by atoms with Crippen LogP contribution < -0.4 is 14.8 Å². The monoisotopic (exact) mass is 261 g/mol. The smallest absolute Gasteiger partial charge is 0.161 e. The first-order chi connectivity index (χ1) is 9.24. The van der Waals surface area contributed by atoms with Crippen LogP contribution in [0.1, 0.15) is 17.0 Å². The molecule has 1 aromatic heterocycles. The lowest BCUT2D eigenvalue weighted by molar-refractivity contribution is 0.354. The predicted octanol–water partition coefficient (Wildman–Crippen LogP) is 2.03. The Kier molecular flexibility index (Phi) is 4.41. The largest absolute Gasteiger partial charge is 0.493 e. The van der Waals surface area contributed by atoms with Crippen molar-refractivity contribution in [2.45, 2.75) is 20.0 Å². The number of methoxy groups -OCH3 is 2. The first-order valence-electron chi connectivity index (χ1n) is 6.15. The van der Waals surface area contributed by atoms with E-state index in [2.05, 4.69) is 15.3 Å². The third kappa shape index (κ3) is 3.26. The molecule has 0 aliphatic rings. The Labute approximate surface area is 113 Å². The molecule has 0 amide bonds. The van der Waals surface area contributed by atoms with Crippen molar-refractivity contribution in [3.05, 3.63) is 41.5 Å². The van der Waals surface area contributed by atoms with Crippen molar-refractivity contribution in [2.75, 3.05) is 14.2 Å². The highest BCUT2D eigenvalue weighted by Gasteiger charge is 2.05. The molecule has 0 bridgehead atoms. The molecule has 0 fully saturated rings. The summed E-state index contributed by atoms with van der Waals surface area (Å²) in [7, 11) is 3.28. The second kappa shape index (κ2) is 6.24. The molecule has 2 rings (SSSR count). The van der Waals surface area contributed by atoms with Crippen molar-refractivity contribution in [1.29, 1.82) is 0 Å². The zero-order valence-electron chi connectivity index (χ0n) is 11.5. The summed E-state index contributed by atoms with van der Waals surface area (Å²) in [6.45, 7) is 3.51. The maximum Gasteiger partial charge on any atom is 0.161 e. The second-order valence-corrected chi connectivity index (χ2v) is 4.27. The van der Waals surface area contributed by atoms with Crippen molar-refractivity contribution in [3.8, 4) is 11.5 Å². The number of aromatic amines is 1. The Morgan fingerprint density at radius 3 is 2.58 bits per heavy atom. The predicted molar refractivity (Wildman–Crippen MR) is 73.4 cm³/mol. The van der Waals surface area contributed by atoms with Crippen LogP contribution in [0.2, 0.25) is 0 Å². The Balaban J connectivity index is 1.94. The molecular formula is C14H19N3O2. The van der Waals surface area contributed by atoms with Gasteiger partial charge in [-0.15, -0.1) is 0 Å². The molecule has 0 radical (unpaired) electrons. The molecule has 0 saturated heterocycles. The summed E-state index contributed by atoms with van der Waals surface area (Å²) in [5.74, 6) is 1.49. The van der Waals surface area contributed by atoms with Gasteiger partial charge in [0.15, 0.2) is 11.5 Å². The van der Waals surface area contributed by atoms with Crippen LogP contribution in [0.3, 0.4) is 0 Å². The number of nitrogens with zero attached hydrogens (tertiary/aromatic N) is 1. The second-order valence-electron chi connectivity index (χ2n) is 4.27. The van der Waals surface area contributed by atoms with Crippen LogP contribution in [0.15, 0.2) is 24.5 Å². The number of aromatic nitrogens is 2. The molecule has 0 aliphatic heterocycles. The molecule has 5 nitrogen and oxygen atoms in total. The molecular weight excluding hydrogens is 242 g/mol. The molecule has 1 heterocycles. The highest BCUT2D eigenvalue weighted by atomic mass is 16.5. The zero-order valence-corrected chi connectivity index (χ0v) is 11.5. The first kappa shape index (κ1) is 13.4. The maximum atomic E-state index is 5.28. The van der Waals surface area contributed by atoms with Crippen molar-refractivity contribution in [2.24, 2.45) is 0 Å². The molecule has 0 aliphatic carbocycles. The molecule has 19 heavy (non-hydrogen) atoms. The molecule has 0 atom stereocenters. The van der Waals surface area contributed by atoms with Crippen molar-refractivity contribution >= 4 is 0 Å².